The molecule has 0 heterocycles. The van der Waals surface area contributed by atoms with Crippen molar-refractivity contribution in [3.05, 3.63) is 53.1 Å². The minimum Gasteiger partial charge on any atom is -0.493 e. The van der Waals surface area contributed by atoms with Crippen molar-refractivity contribution in [3.63, 3.8) is 0 Å². The van der Waals surface area contributed by atoms with Gasteiger partial charge in [-0.05, 0) is 42.3 Å². The molecule has 1 N–H and O–H groups in total. The largest absolute Gasteiger partial charge is 0.493 e. The van der Waals surface area contributed by atoms with Crippen LogP contribution in [0.25, 0.3) is 0 Å². The maximum Gasteiger partial charge on any atom is 0.277 e. The van der Waals surface area contributed by atoms with Gasteiger partial charge in [0.25, 0.3) is 5.91 Å². The minimum atomic E-state index is -0.391. The van der Waals surface area contributed by atoms with Gasteiger partial charge < -0.3 is 14.2 Å². The maximum absolute atomic E-state index is 11.8. The number of benzene rings is 2. The molecule has 0 bridgehead atoms. The molecule has 2 aromatic carbocycles. The Kier molecular flexibility index (Phi) is 8.45. The van der Waals surface area contributed by atoms with Crippen LogP contribution in [0.2, 0.25) is 5.02 Å². The van der Waals surface area contributed by atoms with Crippen molar-refractivity contribution < 1.29 is 19.0 Å². The number of halogens is 1. The van der Waals surface area contributed by atoms with Gasteiger partial charge in [0, 0.05) is 0 Å². The van der Waals surface area contributed by atoms with E-state index in [1.165, 1.54) is 6.21 Å². The van der Waals surface area contributed by atoms with Gasteiger partial charge in [0.1, 0.15) is 5.75 Å². The summed E-state index contributed by atoms with van der Waals surface area (Å²) in [6.45, 7) is 2.56. The summed E-state index contributed by atoms with van der Waals surface area (Å²) in [5.74, 6) is 1.35. The average Bonchev–Trinajstić information content (AvgIpc) is 2.68. The Labute approximate surface area is 164 Å². The van der Waals surface area contributed by atoms with E-state index in [4.69, 9.17) is 25.8 Å². The third kappa shape index (κ3) is 6.83. The molecule has 0 aliphatic rings. The molecule has 0 fully saturated rings. The quantitative estimate of drug-likeness (QED) is 0.377. The van der Waals surface area contributed by atoms with E-state index in [9.17, 15) is 4.79 Å². The number of hydrogen-bond acceptors (Lipinski definition) is 5. The lowest BCUT2D eigenvalue weighted by atomic mass is 10.2. The van der Waals surface area contributed by atoms with Gasteiger partial charge in [-0.2, -0.15) is 5.10 Å². The Hall–Kier alpha value is -2.73. The van der Waals surface area contributed by atoms with Crippen LogP contribution in [0.1, 0.15) is 25.3 Å². The predicted octanol–water partition coefficient (Wildman–Crippen LogP) is 4.06. The number of unbranched alkanes of at least 4 members (excludes halogenated alkanes) is 1. The second kappa shape index (κ2) is 11.1. The van der Waals surface area contributed by atoms with Crippen LogP contribution in [0.3, 0.4) is 0 Å². The summed E-state index contributed by atoms with van der Waals surface area (Å²) in [5, 5.41) is 4.37. The molecule has 2 aromatic rings. The van der Waals surface area contributed by atoms with Crippen LogP contribution < -0.4 is 19.6 Å². The predicted molar refractivity (Wildman–Crippen MR) is 106 cm³/mol. The highest BCUT2D eigenvalue weighted by Gasteiger charge is 2.06. The molecule has 144 valence electrons. The van der Waals surface area contributed by atoms with Gasteiger partial charge in [0.05, 0.1) is 25.0 Å². The van der Waals surface area contributed by atoms with Gasteiger partial charge in [0.15, 0.2) is 18.1 Å². The first-order chi connectivity index (χ1) is 13.1. The number of carbonyl (C=O) groups excluding carboxylic acids is 1. The Balaban J connectivity index is 1.85. The molecule has 0 spiro atoms. The van der Waals surface area contributed by atoms with E-state index in [2.05, 4.69) is 17.5 Å². The van der Waals surface area contributed by atoms with Crippen LogP contribution in [0, 0.1) is 0 Å². The molecule has 0 radical (unpaired) electrons. The van der Waals surface area contributed by atoms with Gasteiger partial charge in [-0.1, -0.05) is 37.1 Å². The number of nitrogens with zero attached hydrogens (tertiary/aromatic N) is 1. The van der Waals surface area contributed by atoms with Gasteiger partial charge in [-0.15, -0.1) is 0 Å². The summed E-state index contributed by atoms with van der Waals surface area (Å²) < 4.78 is 16.4. The standard InChI is InChI=1S/C20H23ClN2O4/c1-3-4-11-26-18-10-9-15(12-19(18)25-2)13-22-23-20(24)14-27-17-8-6-5-7-16(17)21/h5-10,12-13H,3-4,11,14H2,1-2H3,(H,23,24)/b22-13+. The van der Waals surface area contributed by atoms with Crippen LogP contribution in [0.15, 0.2) is 47.6 Å². The van der Waals surface area contributed by atoms with E-state index in [0.29, 0.717) is 28.9 Å². The lowest BCUT2D eigenvalue weighted by Crippen LogP contribution is -2.24. The zero-order valence-electron chi connectivity index (χ0n) is 15.4. The fourth-order valence-electron chi connectivity index (χ4n) is 2.13. The number of para-hydroxylation sites is 1. The molecule has 0 aromatic heterocycles. The maximum atomic E-state index is 11.8. The topological polar surface area (TPSA) is 69.2 Å². The summed E-state index contributed by atoms with van der Waals surface area (Å²) in [6.07, 6.45) is 3.56. The van der Waals surface area contributed by atoms with Crippen molar-refractivity contribution in [1.82, 2.24) is 5.43 Å². The third-order valence-electron chi connectivity index (χ3n) is 3.54. The van der Waals surface area contributed by atoms with Gasteiger partial charge in [-0.25, -0.2) is 5.43 Å². The summed E-state index contributed by atoms with van der Waals surface area (Å²) in [5.41, 5.74) is 3.17. The Morgan fingerprint density at radius 3 is 2.70 bits per heavy atom. The highest BCUT2D eigenvalue weighted by atomic mass is 35.5. The SMILES string of the molecule is CCCCOc1ccc(/C=N/NC(=O)COc2ccccc2Cl)cc1OC. The molecule has 0 atom stereocenters. The number of carbonyl (C=O) groups is 1. The summed E-state index contributed by atoms with van der Waals surface area (Å²) in [7, 11) is 1.58. The number of rotatable bonds is 10. The molecule has 6 nitrogen and oxygen atoms in total. The number of nitrogens with one attached hydrogen (secondary N) is 1. The first kappa shape index (κ1) is 20.6. The summed E-state index contributed by atoms with van der Waals surface area (Å²) in [6, 6.07) is 12.4. The number of hydrazone groups is 1. The average molecular weight is 391 g/mol. The zero-order valence-corrected chi connectivity index (χ0v) is 16.2. The minimum absolute atomic E-state index is 0.186. The van der Waals surface area contributed by atoms with Crippen LogP contribution in [0.5, 0.6) is 17.2 Å². The van der Waals surface area contributed by atoms with Crippen molar-refractivity contribution in [2.75, 3.05) is 20.3 Å². The van der Waals surface area contributed by atoms with Crippen molar-refractivity contribution in [3.8, 4) is 17.2 Å². The van der Waals surface area contributed by atoms with Crippen LogP contribution in [-0.2, 0) is 4.79 Å². The highest BCUT2D eigenvalue weighted by molar-refractivity contribution is 6.32. The van der Waals surface area contributed by atoms with Crippen molar-refractivity contribution in [1.29, 1.82) is 0 Å². The van der Waals surface area contributed by atoms with Gasteiger partial charge in [0.2, 0.25) is 0 Å². The molecule has 0 unspecified atom stereocenters. The third-order valence-corrected chi connectivity index (χ3v) is 3.85. The molecule has 7 heteroatoms. The van der Waals surface area contributed by atoms with Crippen molar-refractivity contribution in [2.45, 2.75) is 19.8 Å². The summed E-state index contributed by atoms with van der Waals surface area (Å²) >= 11 is 5.96. The first-order valence-corrected chi connectivity index (χ1v) is 9.02. The number of amides is 1. The molecular formula is C20H23ClN2O4. The van der Waals surface area contributed by atoms with E-state index >= 15 is 0 Å². The smallest absolute Gasteiger partial charge is 0.277 e. The monoisotopic (exact) mass is 390 g/mol. The Bertz CT molecular complexity index is 780. The lowest BCUT2D eigenvalue weighted by molar-refractivity contribution is -0.123. The molecule has 0 aliphatic carbocycles. The van der Waals surface area contributed by atoms with Crippen LogP contribution in [-0.4, -0.2) is 32.4 Å². The van der Waals surface area contributed by atoms with E-state index in [1.54, 1.807) is 37.4 Å². The van der Waals surface area contributed by atoms with E-state index in [-0.39, 0.29) is 6.61 Å². The number of hydrogen-bond donors (Lipinski definition) is 1. The molecule has 27 heavy (non-hydrogen) atoms. The van der Waals surface area contributed by atoms with E-state index < -0.39 is 5.91 Å². The number of methoxy groups -OCH3 is 1. The normalized spacial score (nSPS) is 10.6. The van der Waals surface area contributed by atoms with E-state index in [1.807, 2.05) is 12.1 Å². The molecule has 1 amide bonds. The molecular weight excluding hydrogens is 368 g/mol. The second-order valence-corrected chi connectivity index (χ2v) is 6.03. The van der Waals surface area contributed by atoms with Crippen LogP contribution >= 0.6 is 11.6 Å². The first-order valence-electron chi connectivity index (χ1n) is 8.64. The molecule has 2 rings (SSSR count). The van der Waals surface area contributed by atoms with Crippen molar-refractivity contribution >= 4 is 23.7 Å². The van der Waals surface area contributed by atoms with E-state index in [0.717, 1.165) is 18.4 Å². The molecule has 0 aliphatic heterocycles. The van der Waals surface area contributed by atoms with Crippen LogP contribution in [0.4, 0.5) is 0 Å². The fourth-order valence-corrected chi connectivity index (χ4v) is 2.32. The lowest BCUT2D eigenvalue weighted by Gasteiger charge is -2.10. The Morgan fingerprint density at radius 1 is 1.15 bits per heavy atom. The second-order valence-electron chi connectivity index (χ2n) is 5.62. The highest BCUT2D eigenvalue weighted by Crippen LogP contribution is 2.27. The number of ether oxygens (including phenoxy) is 3. The summed E-state index contributed by atoms with van der Waals surface area (Å²) in [4.78, 5) is 11.8. The zero-order chi connectivity index (χ0) is 19.5. The van der Waals surface area contributed by atoms with Gasteiger partial charge >= 0.3 is 0 Å². The molecule has 0 saturated heterocycles. The fraction of sp³-hybridized carbons (Fsp3) is 0.300. The molecule has 0 saturated carbocycles. The Morgan fingerprint density at radius 2 is 1.96 bits per heavy atom. The van der Waals surface area contributed by atoms with Crippen molar-refractivity contribution in [2.24, 2.45) is 5.10 Å². The van der Waals surface area contributed by atoms with Gasteiger partial charge in [-0.3, -0.25) is 4.79 Å².